The molecule has 0 spiro atoms. The van der Waals surface area contributed by atoms with Crippen LogP contribution in [-0.4, -0.2) is 76.6 Å². The highest BCUT2D eigenvalue weighted by atomic mass is 16.6. The normalized spacial score (nSPS) is 12.0. The van der Waals surface area contributed by atoms with Crippen molar-refractivity contribution in [3.05, 3.63) is 88.2 Å². The highest BCUT2D eigenvalue weighted by molar-refractivity contribution is 6.10. The first kappa shape index (κ1) is 34.9. The standard InChI is InChI=1S/C15H16O8.C10H2O6.C3H8O2/c1-7(22-3)6-23-15(21)12-4-9(8(2)16)10(13(17)18)5-11(12)14(19)20;11-7-3-1-4-6(10(14)16-8(4)12)2-5(3)9(13)15-7;1-3(5)2-4/h4-5,7H,6H2,1-3H3,(H,17,18)(H,19,20);1-2H;3-5H,2H2,1H3. The number of carbonyl (C=O) groups is 4. The molecule has 2 unspecified atom stereocenters. The van der Waals surface area contributed by atoms with Gasteiger partial charge in [0, 0.05) is 12.7 Å². The summed E-state index contributed by atoms with van der Waals surface area (Å²) >= 11 is 0. The lowest BCUT2D eigenvalue weighted by Gasteiger charge is -2.13. The van der Waals surface area contributed by atoms with E-state index >= 15 is 0 Å². The number of ketones is 1. The second-order valence-corrected chi connectivity index (χ2v) is 9.08. The molecule has 0 aliphatic heterocycles. The van der Waals surface area contributed by atoms with Gasteiger partial charge in [0.2, 0.25) is 0 Å². The van der Waals surface area contributed by atoms with Crippen LogP contribution in [0.25, 0.3) is 21.5 Å². The zero-order chi connectivity index (χ0) is 33.5. The number of hydrogen-bond donors (Lipinski definition) is 4. The van der Waals surface area contributed by atoms with E-state index in [1.54, 1.807) is 6.92 Å². The Labute approximate surface area is 245 Å². The summed E-state index contributed by atoms with van der Waals surface area (Å²) in [7, 11) is 1.41. The molecule has 0 aliphatic carbocycles. The average molecular weight is 619 g/mol. The first-order chi connectivity index (χ1) is 20.5. The number of methoxy groups -OCH3 is 1. The van der Waals surface area contributed by atoms with Gasteiger partial charge in [0.1, 0.15) is 6.61 Å². The largest absolute Gasteiger partial charge is 0.478 e. The van der Waals surface area contributed by atoms with Gasteiger partial charge in [0.15, 0.2) is 5.78 Å². The Morgan fingerprint density at radius 1 is 0.727 bits per heavy atom. The first-order valence-corrected chi connectivity index (χ1v) is 12.4. The molecule has 16 heteroatoms. The Balaban J connectivity index is 0.000000276. The van der Waals surface area contributed by atoms with Crippen molar-refractivity contribution in [2.45, 2.75) is 33.0 Å². The van der Waals surface area contributed by atoms with Crippen LogP contribution in [0.4, 0.5) is 0 Å². The van der Waals surface area contributed by atoms with Gasteiger partial charge >= 0.3 is 40.4 Å². The number of aromatic carboxylic acids is 2. The number of carboxylic acids is 2. The average Bonchev–Trinajstić information content (AvgIpc) is 3.42. The van der Waals surface area contributed by atoms with Gasteiger partial charge in [-0.05, 0) is 45.0 Å². The molecule has 16 nitrogen and oxygen atoms in total. The number of carboxylic acid groups (broad SMARTS) is 2. The Bertz CT molecular complexity index is 1770. The molecule has 2 aromatic carbocycles. The number of fused-ring (bicyclic) bond motifs is 2. The molecule has 2 aromatic heterocycles. The second-order valence-electron chi connectivity index (χ2n) is 9.08. The van der Waals surface area contributed by atoms with Crippen molar-refractivity contribution in [2.24, 2.45) is 0 Å². The summed E-state index contributed by atoms with van der Waals surface area (Å²) < 4.78 is 18.5. The molecule has 4 N–H and O–H groups in total. The minimum absolute atomic E-state index is 0.0181. The maximum Gasteiger partial charge on any atom is 0.346 e. The number of carbonyl (C=O) groups excluding carboxylic acids is 2. The van der Waals surface area contributed by atoms with Crippen LogP contribution in [0.2, 0.25) is 0 Å². The van der Waals surface area contributed by atoms with E-state index < -0.39 is 75.1 Å². The number of rotatable bonds is 8. The molecule has 0 radical (unpaired) electrons. The highest BCUT2D eigenvalue weighted by Gasteiger charge is 2.25. The summed E-state index contributed by atoms with van der Waals surface area (Å²) in [6, 6.07) is 3.99. The van der Waals surface area contributed by atoms with Crippen LogP contribution in [0, 0.1) is 0 Å². The molecular weight excluding hydrogens is 592 g/mol. The van der Waals surface area contributed by atoms with Crippen molar-refractivity contribution in [2.75, 3.05) is 20.3 Å². The quantitative estimate of drug-likeness (QED) is 0.153. The number of furan rings is 2. The Morgan fingerprint density at radius 2 is 1.09 bits per heavy atom. The summed E-state index contributed by atoms with van der Waals surface area (Å²) in [5.74, 6) is -4.57. The number of ether oxygens (including phenoxy) is 2. The maximum atomic E-state index is 12.0. The second kappa shape index (κ2) is 14.7. The molecule has 4 aromatic rings. The van der Waals surface area contributed by atoms with Gasteiger partial charge < -0.3 is 38.7 Å². The van der Waals surface area contributed by atoms with Crippen molar-refractivity contribution in [1.29, 1.82) is 0 Å². The lowest BCUT2D eigenvalue weighted by atomic mass is 9.96. The van der Waals surface area contributed by atoms with Crippen LogP contribution in [0.1, 0.15) is 62.2 Å². The molecule has 44 heavy (non-hydrogen) atoms. The number of hydrogen-bond acceptors (Lipinski definition) is 14. The van der Waals surface area contributed by atoms with Crippen molar-refractivity contribution in [3.63, 3.8) is 0 Å². The zero-order valence-electron chi connectivity index (χ0n) is 23.6. The van der Waals surface area contributed by atoms with Crippen LogP contribution < -0.4 is 22.5 Å². The van der Waals surface area contributed by atoms with Gasteiger partial charge in [0.25, 0.3) is 0 Å². The predicted molar refractivity (Wildman–Crippen MR) is 149 cm³/mol. The number of esters is 1. The van der Waals surface area contributed by atoms with Crippen molar-refractivity contribution < 1.29 is 57.9 Å². The predicted octanol–water partition coefficient (Wildman–Crippen LogP) is 0.332. The van der Waals surface area contributed by atoms with Gasteiger partial charge in [0.05, 0.1) is 57.1 Å². The third-order valence-corrected chi connectivity index (χ3v) is 5.74. The van der Waals surface area contributed by atoms with Crippen molar-refractivity contribution >= 4 is 45.2 Å². The molecule has 0 saturated heterocycles. The van der Waals surface area contributed by atoms with E-state index in [0.717, 1.165) is 31.2 Å². The molecule has 0 bridgehead atoms. The SMILES string of the molecule is CC(O)CO.COC(C)COC(=O)c1cc(C(C)=O)c(C(=O)O)cc1C(=O)O.O=c1oc(=O)c2cc3c(=O)oc(=O)c3cc12. The van der Waals surface area contributed by atoms with E-state index in [9.17, 15) is 38.4 Å². The Kier molecular flexibility index (Phi) is 11.7. The minimum atomic E-state index is -1.51. The molecule has 234 valence electrons. The number of aliphatic hydroxyl groups is 2. The summed E-state index contributed by atoms with van der Waals surface area (Å²) in [5.41, 5.74) is -5.00. The topological polar surface area (TPSA) is 262 Å². The summed E-state index contributed by atoms with van der Waals surface area (Å²) in [4.78, 5) is 90.8. The molecule has 0 fully saturated rings. The maximum absolute atomic E-state index is 12.0. The van der Waals surface area contributed by atoms with Crippen molar-refractivity contribution in [3.8, 4) is 0 Å². The summed E-state index contributed by atoms with van der Waals surface area (Å²) in [5, 5.41) is 34.2. The van der Waals surface area contributed by atoms with E-state index in [1.165, 1.54) is 14.0 Å². The Hall–Kier alpha value is -5.32. The number of Topliss-reactive ketones (excluding diaryl/α,β-unsaturated/α-hetero) is 1. The third-order valence-electron chi connectivity index (χ3n) is 5.74. The smallest absolute Gasteiger partial charge is 0.346 e. The molecule has 2 heterocycles. The Morgan fingerprint density at radius 3 is 1.41 bits per heavy atom. The lowest BCUT2D eigenvalue weighted by Crippen LogP contribution is -2.21. The van der Waals surface area contributed by atoms with E-state index in [0.29, 0.717) is 0 Å². The van der Waals surface area contributed by atoms with E-state index in [4.69, 9.17) is 29.9 Å². The van der Waals surface area contributed by atoms with E-state index in [-0.39, 0.29) is 40.3 Å². The zero-order valence-corrected chi connectivity index (χ0v) is 23.6. The van der Waals surface area contributed by atoms with Gasteiger partial charge in [-0.3, -0.25) is 4.79 Å². The van der Waals surface area contributed by atoms with Crippen LogP contribution in [0.5, 0.6) is 0 Å². The third kappa shape index (κ3) is 8.15. The van der Waals surface area contributed by atoms with Gasteiger partial charge in [-0.15, -0.1) is 0 Å². The fraction of sp³-hybridized carbons (Fsp3) is 0.286. The van der Waals surface area contributed by atoms with Gasteiger partial charge in [-0.25, -0.2) is 33.6 Å². The van der Waals surface area contributed by atoms with Gasteiger partial charge in [-0.2, -0.15) is 0 Å². The lowest BCUT2D eigenvalue weighted by molar-refractivity contribution is 0.0166. The minimum Gasteiger partial charge on any atom is -0.478 e. The number of aliphatic hydroxyl groups excluding tert-OH is 2. The highest BCUT2D eigenvalue weighted by Crippen LogP contribution is 2.20. The van der Waals surface area contributed by atoms with Crippen LogP contribution >= 0.6 is 0 Å². The molecule has 4 rings (SSSR count). The van der Waals surface area contributed by atoms with Crippen LogP contribution in [0.15, 0.2) is 52.3 Å². The molecule has 2 atom stereocenters. The molecular formula is C28H26O16. The fourth-order valence-corrected chi connectivity index (χ4v) is 3.42. The summed E-state index contributed by atoms with van der Waals surface area (Å²) in [6.07, 6.45) is -0.965. The molecule has 0 aliphatic rings. The summed E-state index contributed by atoms with van der Waals surface area (Å²) in [6.45, 7) is 4.02. The van der Waals surface area contributed by atoms with Crippen LogP contribution in [0.3, 0.4) is 0 Å². The monoisotopic (exact) mass is 618 g/mol. The van der Waals surface area contributed by atoms with E-state index in [2.05, 4.69) is 8.83 Å². The molecule has 0 amide bonds. The molecule has 0 saturated carbocycles. The first-order valence-electron chi connectivity index (χ1n) is 12.4. The van der Waals surface area contributed by atoms with Crippen molar-refractivity contribution in [1.82, 2.24) is 0 Å². The van der Waals surface area contributed by atoms with Crippen LogP contribution in [-0.2, 0) is 9.47 Å². The van der Waals surface area contributed by atoms with Gasteiger partial charge in [-0.1, -0.05) is 0 Å². The van der Waals surface area contributed by atoms with E-state index in [1.807, 2.05) is 0 Å². The number of benzene rings is 2. The fourth-order valence-electron chi connectivity index (χ4n) is 3.42.